The fourth-order valence-corrected chi connectivity index (χ4v) is 3.60. The lowest BCUT2D eigenvalue weighted by Crippen LogP contribution is -1.94. The first-order valence-electron chi connectivity index (χ1n) is 8.45. The van der Waals surface area contributed by atoms with Crippen LogP contribution in [0.5, 0.6) is 11.5 Å². The molecule has 0 saturated heterocycles. The predicted octanol–water partition coefficient (Wildman–Crippen LogP) is 4.99. The Labute approximate surface area is 147 Å². The van der Waals surface area contributed by atoms with Crippen LogP contribution < -0.4 is 10.5 Å². The van der Waals surface area contributed by atoms with Gasteiger partial charge in [0.25, 0.3) is 0 Å². The number of hydrogen-bond donors (Lipinski definition) is 2. The van der Waals surface area contributed by atoms with E-state index >= 15 is 0 Å². The van der Waals surface area contributed by atoms with Gasteiger partial charge in [0.2, 0.25) is 0 Å². The fraction of sp³-hybridized carbons (Fsp3) is 0.136. The van der Waals surface area contributed by atoms with Crippen LogP contribution in [-0.2, 0) is 12.8 Å². The van der Waals surface area contributed by atoms with Crippen molar-refractivity contribution in [3.63, 3.8) is 0 Å². The summed E-state index contributed by atoms with van der Waals surface area (Å²) in [5.41, 5.74) is 11.0. The van der Waals surface area contributed by atoms with Gasteiger partial charge < -0.3 is 15.9 Å². The number of nitrogens with two attached hydrogens (primary N) is 1. The number of benzene rings is 3. The standard InChI is InChI=1S/C22H20N2O/c1-14-9-16(19(12-23)13-24)7-8-21(14)25-20-10-17-4-2-3-15-5-6-18(11-20)22(15)17/h2-4,7-13,23H,5-6,24H2,1H3/b19-13+,23-12?. The molecule has 0 fully saturated rings. The van der Waals surface area contributed by atoms with Crippen LogP contribution in [0, 0.1) is 12.3 Å². The summed E-state index contributed by atoms with van der Waals surface area (Å²) in [7, 11) is 0. The lowest BCUT2D eigenvalue weighted by Gasteiger charge is -2.12. The minimum absolute atomic E-state index is 0.695. The van der Waals surface area contributed by atoms with Gasteiger partial charge in [0.05, 0.1) is 0 Å². The van der Waals surface area contributed by atoms with Gasteiger partial charge >= 0.3 is 0 Å². The molecule has 3 aromatic carbocycles. The highest BCUT2D eigenvalue weighted by atomic mass is 16.5. The van der Waals surface area contributed by atoms with Crippen molar-refractivity contribution >= 4 is 22.6 Å². The van der Waals surface area contributed by atoms with E-state index in [-0.39, 0.29) is 0 Å². The summed E-state index contributed by atoms with van der Waals surface area (Å²) in [5.74, 6) is 1.70. The Morgan fingerprint density at radius 1 is 1.08 bits per heavy atom. The Morgan fingerprint density at radius 2 is 1.92 bits per heavy atom. The average molecular weight is 328 g/mol. The molecule has 3 aromatic rings. The van der Waals surface area contributed by atoms with E-state index in [4.69, 9.17) is 15.9 Å². The molecule has 1 aliphatic rings. The number of rotatable bonds is 4. The maximum Gasteiger partial charge on any atom is 0.130 e. The monoisotopic (exact) mass is 328 g/mol. The molecule has 25 heavy (non-hydrogen) atoms. The Kier molecular flexibility index (Phi) is 3.77. The van der Waals surface area contributed by atoms with Gasteiger partial charge in [-0.15, -0.1) is 0 Å². The first-order valence-corrected chi connectivity index (χ1v) is 8.45. The molecule has 3 N–H and O–H groups in total. The van der Waals surface area contributed by atoms with Crippen LogP contribution in [0.3, 0.4) is 0 Å². The molecule has 0 amide bonds. The molecule has 124 valence electrons. The van der Waals surface area contributed by atoms with Crippen molar-refractivity contribution in [1.82, 2.24) is 0 Å². The molecule has 0 saturated carbocycles. The molecule has 3 heteroatoms. The Hall–Kier alpha value is -3.07. The molecular weight excluding hydrogens is 308 g/mol. The molecule has 0 radical (unpaired) electrons. The van der Waals surface area contributed by atoms with E-state index in [0.29, 0.717) is 5.57 Å². The van der Waals surface area contributed by atoms with Crippen molar-refractivity contribution in [1.29, 1.82) is 5.41 Å². The highest BCUT2D eigenvalue weighted by Gasteiger charge is 2.16. The van der Waals surface area contributed by atoms with E-state index in [1.807, 2.05) is 25.1 Å². The third-order valence-corrected chi connectivity index (χ3v) is 4.85. The largest absolute Gasteiger partial charge is 0.457 e. The summed E-state index contributed by atoms with van der Waals surface area (Å²) in [6, 6.07) is 16.6. The minimum atomic E-state index is 0.695. The van der Waals surface area contributed by atoms with Crippen molar-refractivity contribution in [3.8, 4) is 11.5 Å². The van der Waals surface area contributed by atoms with Gasteiger partial charge in [-0.25, -0.2) is 0 Å². The molecule has 4 rings (SSSR count). The summed E-state index contributed by atoms with van der Waals surface area (Å²) >= 11 is 0. The third-order valence-electron chi connectivity index (χ3n) is 4.85. The highest BCUT2D eigenvalue weighted by molar-refractivity contribution is 6.08. The Morgan fingerprint density at radius 3 is 2.68 bits per heavy atom. The second-order valence-corrected chi connectivity index (χ2v) is 6.45. The first-order chi connectivity index (χ1) is 12.2. The third kappa shape index (κ3) is 2.68. The topological polar surface area (TPSA) is 59.1 Å². The molecule has 0 atom stereocenters. The van der Waals surface area contributed by atoms with Gasteiger partial charge in [-0.3, -0.25) is 0 Å². The lowest BCUT2D eigenvalue weighted by molar-refractivity contribution is 0.479. The number of hydrogen-bond acceptors (Lipinski definition) is 3. The van der Waals surface area contributed by atoms with Crippen molar-refractivity contribution in [2.75, 3.05) is 0 Å². The normalized spacial score (nSPS) is 13.2. The molecule has 0 bridgehead atoms. The number of aryl methyl sites for hydroxylation is 3. The van der Waals surface area contributed by atoms with Crippen LogP contribution in [0.4, 0.5) is 0 Å². The van der Waals surface area contributed by atoms with Crippen LogP contribution in [0.25, 0.3) is 16.3 Å². The van der Waals surface area contributed by atoms with Gasteiger partial charge in [-0.05, 0) is 77.1 Å². The molecular formula is C22H20N2O. The summed E-state index contributed by atoms with van der Waals surface area (Å²) in [4.78, 5) is 0. The SMILES string of the molecule is Cc1cc(/C(C=N)=C/N)ccc1Oc1cc2c3c(cccc3c1)CC2. The smallest absolute Gasteiger partial charge is 0.130 e. The predicted molar refractivity (Wildman–Crippen MR) is 104 cm³/mol. The maximum absolute atomic E-state index is 7.42. The van der Waals surface area contributed by atoms with E-state index in [0.717, 1.165) is 35.5 Å². The number of nitrogens with one attached hydrogen (secondary N) is 1. The highest BCUT2D eigenvalue weighted by Crippen LogP contribution is 2.36. The van der Waals surface area contributed by atoms with Gasteiger partial charge in [-0.1, -0.05) is 24.3 Å². The van der Waals surface area contributed by atoms with E-state index < -0.39 is 0 Å². The van der Waals surface area contributed by atoms with Gasteiger partial charge in [0, 0.05) is 18.0 Å². The van der Waals surface area contributed by atoms with Crippen LogP contribution in [0.1, 0.15) is 22.3 Å². The number of ether oxygens (including phenoxy) is 1. The van der Waals surface area contributed by atoms with E-state index in [1.165, 1.54) is 34.3 Å². The zero-order valence-electron chi connectivity index (χ0n) is 14.2. The van der Waals surface area contributed by atoms with Gasteiger partial charge in [-0.2, -0.15) is 0 Å². The molecule has 0 spiro atoms. The molecule has 0 heterocycles. The second-order valence-electron chi connectivity index (χ2n) is 6.45. The van der Waals surface area contributed by atoms with Crippen molar-refractivity contribution < 1.29 is 4.74 Å². The van der Waals surface area contributed by atoms with Gasteiger partial charge in [0.15, 0.2) is 0 Å². The first kappa shape index (κ1) is 15.5. The Bertz CT molecular complexity index is 1020. The zero-order chi connectivity index (χ0) is 17.4. The zero-order valence-corrected chi connectivity index (χ0v) is 14.2. The molecule has 0 aromatic heterocycles. The molecule has 0 unspecified atom stereocenters. The van der Waals surface area contributed by atoms with Crippen molar-refractivity contribution in [2.24, 2.45) is 5.73 Å². The molecule has 3 nitrogen and oxygen atoms in total. The summed E-state index contributed by atoms with van der Waals surface area (Å²) in [6.45, 7) is 2.01. The fourth-order valence-electron chi connectivity index (χ4n) is 3.60. The van der Waals surface area contributed by atoms with Gasteiger partial charge in [0.1, 0.15) is 11.5 Å². The van der Waals surface area contributed by atoms with Crippen LogP contribution in [-0.4, -0.2) is 6.21 Å². The van der Waals surface area contributed by atoms with E-state index in [1.54, 1.807) is 0 Å². The van der Waals surface area contributed by atoms with Crippen molar-refractivity contribution in [2.45, 2.75) is 19.8 Å². The summed E-state index contributed by atoms with van der Waals surface area (Å²) in [6.07, 6.45) is 4.90. The molecule has 0 aliphatic heterocycles. The summed E-state index contributed by atoms with van der Waals surface area (Å²) < 4.78 is 6.18. The number of allylic oxidation sites excluding steroid dienone is 1. The van der Waals surface area contributed by atoms with E-state index in [9.17, 15) is 0 Å². The Balaban J connectivity index is 1.70. The van der Waals surface area contributed by atoms with E-state index in [2.05, 4.69) is 30.3 Å². The van der Waals surface area contributed by atoms with Crippen LogP contribution in [0.15, 0.2) is 54.7 Å². The quantitative estimate of drug-likeness (QED) is 0.663. The van der Waals surface area contributed by atoms with Crippen LogP contribution >= 0.6 is 0 Å². The van der Waals surface area contributed by atoms with Crippen molar-refractivity contribution in [3.05, 3.63) is 77.0 Å². The molecule has 1 aliphatic carbocycles. The summed E-state index contributed by atoms with van der Waals surface area (Å²) in [5, 5.41) is 10.1. The second kappa shape index (κ2) is 6.10. The van der Waals surface area contributed by atoms with Crippen LogP contribution in [0.2, 0.25) is 0 Å². The average Bonchev–Trinajstić information content (AvgIpc) is 3.03. The maximum atomic E-state index is 7.42. The lowest BCUT2D eigenvalue weighted by atomic mass is 10.0. The minimum Gasteiger partial charge on any atom is -0.457 e.